The molecule has 1 atom stereocenters. The summed E-state index contributed by atoms with van der Waals surface area (Å²) in [6.07, 6.45) is 1.51. The van der Waals surface area contributed by atoms with Gasteiger partial charge >= 0.3 is 0 Å². The van der Waals surface area contributed by atoms with E-state index in [-0.39, 0.29) is 5.60 Å². The maximum Gasteiger partial charge on any atom is 0.0674 e. The van der Waals surface area contributed by atoms with Crippen LogP contribution in [-0.4, -0.2) is 49.5 Å². The molecular formula is C12H25NO2. The largest absolute Gasteiger partial charge is 0.376 e. The van der Waals surface area contributed by atoms with Gasteiger partial charge in [0.15, 0.2) is 0 Å². The SMILES string of the molecule is C[C@H]1CN(CCCOC(C)(C)C)CCO1. The molecule has 1 saturated heterocycles. The zero-order chi connectivity index (χ0) is 11.3. The molecule has 15 heavy (non-hydrogen) atoms. The van der Waals surface area contributed by atoms with Gasteiger partial charge in [-0.05, 0) is 34.1 Å². The lowest BCUT2D eigenvalue weighted by molar-refractivity contribution is -0.0314. The third-order valence-electron chi connectivity index (χ3n) is 2.48. The standard InChI is InChI=1S/C12H25NO2/c1-11-10-13(7-9-14-11)6-5-8-15-12(2,3)4/h11H,5-10H2,1-4H3/t11-/m0/s1. The van der Waals surface area contributed by atoms with Gasteiger partial charge < -0.3 is 9.47 Å². The Morgan fingerprint density at radius 3 is 2.73 bits per heavy atom. The second-order valence-electron chi connectivity index (χ2n) is 5.30. The first-order valence-corrected chi connectivity index (χ1v) is 5.95. The summed E-state index contributed by atoms with van der Waals surface area (Å²) in [7, 11) is 0. The number of hydrogen-bond donors (Lipinski definition) is 0. The third-order valence-corrected chi connectivity index (χ3v) is 2.48. The lowest BCUT2D eigenvalue weighted by Gasteiger charge is -2.31. The molecule has 0 amide bonds. The van der Waals surface area contributed by atoms with E-state index in [0.29, 0.717) is 6.10 Å². The molecule has 1 fully saturated rings. The van der Waals surface area contributed by atoms with Crippen molar-refractivity contribution in [1.29, 1.82) is 0 Å². The summed E-state index contributed by atoms with van der Waals surface area (Å²) in [6, 6.07) is 0. The van der Waals surface area contributed by atoms with Crippen LogP contribution in [-0.2, 0) is 9.47 Å². The number of morpholine rings is 1. The van der Waals surface area contributed by atoms with Crippen molar-refractivity contribution in [2.24, 2.45) is 0 Å². The van der Waals surface area contributed by atoms with E-state index in [2.05, 4.69) is 32.6 Å². The molecule has 0 aromatic carbocycles. The van der Waals surface area contributed by atoms with Crippen LogP contribution in [0.1, 0.15) is 34.1 Å². The average molecular weight is 215 g/mol. The van der Waals surface area contributed by atoms with Crippen molar-refractivity contribution in [1.82, 2.24) is 4.90 Å². The average Bonchev–Trinajstić information content (AvgIpc) is 2.11. The first kappa shape index (κ1) is 12.9. The molecule has 0 N–H and O–H groups in total. The molecule has 0 unspecified atom stereocenters. The van der Waals surface area contributed by atoms with Crippen LogP contribution in [0.4, 0.5) is 0 Å². The van der Waals surface area contributed by atoms with Crippen LogP contribution in [0.15, 0.2) is 0 Å². The Balaban J connectivity index is 2.04. The van der Waals surface area contributed by atoms with Gasteiger partial charge in [-0.25, -0.2) is 0 Å². The zero-order valence-electron chi connectivity index (χ0n) is 10.6. The summed E-state index contributed by atoms with van der Waals surface area (Å²) in [5.74, 6) is 0. The van der Waals surface area contributed by atoms with Crippen molar-refractivity contribution in [2.75, 3.05) is 32.8 Å². The Hall–Kier alpha value is -0.120. The lowest BCUT2D eigenvalue weighted by Crippen LogP contribution is -2.41. The van der Waals surface area contributed by atoms with E-state index in [9.17, 15) is 0 Å². The van der Waals surface area contributed by atoms with E-state index in [0.717, 1.165) is 39.3 Å². The number of ether oxygens (including phenoxy) is 2. The van der Waals surface area contributed by atoms with Crippen molar-refractivity contribution in [3.63, 3.8) is 0 Å². The highest BCUT2D eigenvalue weighted by Crippen LogP contribution is 2.08. The molecule has 1 aliphatic rings. The molecule has 0 saturated carbocycles. The smallest absolute Gasteiger partial charge is 0.0674 e. The first-order chi connectivity index (χ1) is 6.97. The van der Waals surface area contributed by atoms with Gasteiger partial charge in [0.05, 0.1) is 18.3 Å². The predicted molar refractivity (Wildman–Crippen MR) is 62.2 cm³/mol. The van der Waals surface area contributed by atoms with E-state index in [1.54, 1.807) is 0 Å². The fraction of sp³-hybridized carbons (Fsp3) is 1.00. The van der Waals surface area contributed by atoms with Crippen LogP contribution in [0, 0.1) is 0 Å². The van der Waals surface area contributed by atoms with E-state index in [1.165, 1.54) is 0 Å². The Morgan fingerprint density at radius 1 is 1.40 bits per heavy atom. The normalized spacial score (nSPS) is 24.4. The number of hydrogen-bond acceptors (Lipinski definition) is 3. The van der Waals surface area contributed by atoms with Crippen molar-refractivity contribution >= 4 is 0 Å². The van der Waals surface area contributed by atoms with Crippen molar-refractivity contribution < 1.29 is 9.47 Å². The highest BCUT2D eigenvalue weighted by molar-refractivity contribution is 4.68. The minimum absolute atomic E-state index is 0.00169. The minimum atomic E-state index is -0.00169. The highest BCUT2D eigenvalue weighted by atomic mass is 16.5. The van der Waals surface area contributed by atoms with Gasteiger partial charge in [-0.2, -0.15) is 0 Å². The zero-order valence-corrected chi connectivity index (χ0v) is 10.6. The minimum Gasteiger partial charge on any atom is -0.376 e. The van der Waals surface area contributed by atoms with Gasteiger partial charge in [0, 0.05) is 26.2 Å². The van der Waals surface area contributed by atoms with Crippen LogP contribution >= 0.6 is 0 Å². The molecule has 1 aliphatic heterocycles. The maximum atomic E-state index is 5.69. The Morgan fingerprint density at radius 2 is 2.13 bits per heavy atom. The molecule has 0 aromatic rings. The van der Waals surface area contributed by atoms with Gasteiger partial charge in [0.25, 0.3) is 0 Å². The Kier molecular flexibility index (Phi) is 5.03. The molecule has 3 heteroatoms. The van der Waals surface area contributed by atoms with Gasteiger partial charge in [-0.15, -0.1) is 0 Å². The Bertz CT molecular complexity index is 177. The molecule has 0 spiro atoms. The molecule has 0 bridgehead atoms. The van der Waals surface area contributed by atoms with Gasteiger partial charge in [0.1, 0.15) is 0 Å². The first-order valence-electron chi connectivity index (χ1n) is 5.95. The van der Waals surface area contributed by atoms with E-state index < -0.39 is 0 Å². The van der Waals surface area contributed by atoms with E-state index in [1.807, 2.05) is 0 Å². The molecule has 0 aliphatic carbocycles. The van der Waals surface area contributed by atoms with Crippen LogP contribution in [0.5, 0.6) is 0 Å². The van der Waals surface area contributed by atoms with Gasteiger partial charge in [0.2, 0.25) is 0 Å². The van der Waals surface area contributed by atoms with Crippen LogP contribution < -0.4 is 0 Å². The third kappa shape index (κ3) is 6.13. The predicted octanol–water partition coefficient (Wildman–Crippen LogP) is 1.91. The Labute approximate surface area is 93.7 Å². The van der Waals surface area contributed by atoms with E-state index in [4.69, 9.17) is 9.47 Å². The fourth-order valence-corrected chi connectivity index (χ4v) is 1.76. The molecular weight excluding hydrogens is 190 g/mol. The molecule has 3 nitrogen and oxygen atoms in total. The monoisotopic (exact) mass is 215 g/mol. The number of rotatable bonds is 4. The molecule has 1 heterocycles. The van der Waals surface area contributed by atoms with Crippen molar-refractivity contribution in [3.8, 4) is 0 Å². The van der Waals surface area contributed by atoms with Crippen LogP contribution in [0.2, 0.25) is 0 Å². The fourth-order valence-electron chi connectivity index (χ4n) is 1.76. The molecule has 1 rings (SSSR count). The van der Waals surface area contributed by atoms with Crippen LogP contribution in [0.25, 0.3) is 0 Å². The molecule has 0 aromatic heterocycles. The topological polar surface area (TPSA) is 21.7 Å². The van der Waals surface area contributed by atoms with E-state index >= 15 is 0 Å². The van der Waals surface area contributed by atoms with Crippen molar-refractivity contribution in [2.45, 2.75) is 45.8 Å². The number of nitrogens with zero attached hydrogens (tertiary/aromatic N) is 1. The lowest BCUT2D eigenvalue weighted by atomic mass is 10.2. The maximum absolute atomic E-state index is 5.69. The summed E-state index contributed by atoms with van der Waals surface area (Å²) in [6.45, 7) is 13.4. The van der Waals surface area contributed by atoms with Crippen LogP contribution in [0.3, 0.4) is 0 Å². The second kappa shape index (κ2) is 5.83. The summed E-state index contributed by atoms with van der Waals surface area (Å²) >= 11 is 0. The van der Waals surface area contributed by atoms with Gasteiger partial charge in [-0.1, -0.05) is 0 Å². The summed E-state index contributed by atoms with van der Waals surface area (Å²) in [5, 5.41) is 0. The quantitative estimate of drug-likeness (QED) is 0.669. The summed E-state index contributed by atoms with van der Waals surface area (Å²) in [5.41, 5.74) is -0.00169. The highest BCUT2D eigenvalue weighted by Gasteiger charge is 2.16. The summed E-state index contributed by atoms with van der Waals surface area (Å²) < 4.78 is 11.2. The van der Waals surface area contributed by atoms with Crippen molar-refractivity contribution in [3.05, 3.63) is 0 Å². The molecule has 90 valence electrons. The second-order valence-corrected chi connectivity index (χ2v) is 5.30. The summed E-state index contributed by atoms with van der Waals surface area (Å²) in [4.78, 5) is 2.46. The molecule has 0 radical (unpaired) electrons. The van der Waals surface area contributed by atoms with Gasteiger partial charge in [-0.3, -0.25) is 4.90 Å².